The molecule has 1 aromatic carbocycles. The number of phosphoric ester groups is 1. The maximum Gasteiger partial charge on any atom is 0.472 e. The van der Waals surface area contributed by atoms with Gasteiger partial charge in [-0.1, -0.05) is 110 Å². The van der Waals surface area contributed by atoms with Gasteiger partial charge in [-0.15, -0.1) is 0 Å². The number of nitrogens with one attached hydrogen (secondary N) is 2. The van der Waals surface area contributed by atoms with Gasteiger partial charge in [0.2, 0.25) is 0 Å². The van der Waals surface area contributed by atoms with E-state index in [0.717, 1.165) is 31.7 Å². The molecule has 0 saturated carbocycles. The second-order valence-corrected chi connectivity index (χ2v) is 16.9. The van der Waals surface area contributed by atoms with Crippen LogP contribution in [0.25, 0.3) is 0 Å². The summed E-state index contributed by atoms with van der Waals surface area (Å²) in [5.74, 6) is -0.562. The Morgan fingerprint density at radius 2 is 1.60 bits per heavy atom. The lowest BCUT2D eigenvalue weighted by Crippen LogP contribution is -2.44. The van der Waals surface area contributed by atoms with Crippen LogP contribution in [-0.2, 0) is 34.4 Å². The number of hydrogen-bond acceptors (Lipinski definition) is 10. The summed E-state index contributed by atoms with van der Waals surface area (Å²) in [6.07, 6.45) is 17.5. The summed E-state index contributed by atoms with van der Waals surface area (Å²) in [6.45, 7) is 2.97. The molecular formula is C42H67FN5O9P. The maximum atomic E-state index is 14.1. The van der Waals surface area contributed by atoms with E-state index in [0.29, 0.717) is 23.6 Å². The molecule has 7 N–H and O–H groups in total. The zero-order chi connectivity index (χ0) is 42.2. The van der Waals surface area contributed by atoms with E-state index in [1.54, 1.807) is 12.1 Å². The van der Waals surface area contributed by atoms with Gasteiger partial charge in [-0.2, -0.15) is 5.26 Å². The van der Waals surface area contributed by atoms with Crippen LogP contribution in [0, 0.1) is 22.6 Å². The number of unbranched alkanes of at least 4 members (excludes halogenated alkanes) is 16. The zero-order valence-corrected chi connectivity index (χ0v) is 35.3. The van der Waals surface area contributed by atoms with Gasteiger partial charge < -0.3 is 40.0 Å². The Bertz CT molecular complexity index is 1610. The molecule has 326 valence electrons. The monoisotopic (exact) mass is 835 g/mol. The van der Waals surface area contributed by atoms with E-state index in [9.17, 15) is 29.3 Å². The van der Waals surface area contributed by atoms with E-state index in [1.807, 2.05) is 6.07 Å². The molecular weight excluding hydrogens is 768 g/mol. The first kappa shape index (κ1) is 49.3. The predicted octanol–water partition coefficient (Wildman–Crippen LogP) is 8.28. The minimum atomic E-state index is -4.76. The summed E-state index contributed by atoms with van der Waals surface area (Å²) in [4.78, 5) is 17.2. The molecule has 1 aromatic heterocycles. The van der Waals surface area contributed by atoms with Crippen molar-refractivity contribution in [3.05, 3.63) is 58.7 Å². The van der Waals surface area contributed by atoms with Crippen LogP contribution in [0.1, 0.15) is 152 Å². The lowest BCUT2D eigenvalue weighted by molar-refractivity contribution is -0.101. The van der Waals surface area contributed by atoms with Crippen LogP contribution in [-0.4, -0.2) is 82.6 Å². The van der Waals surface area contributed by atoms with Crippen LogP contribution in [0.2, 0.25) is 0 Å². The minimum absolute atomic E-state index is 0.0138. The lowest BCUT2D eigenvalue weighted by atomic mass is 9.97. The second-order valence-electron chi connectivity index (χ2n) is 15.4. The molecule has 1 saturated heterocycles. The number of rotatable bonds is 32. The molecule has 6 atom stereocenters. The number of nitrogens with two attached hydrogens (primary N) is 1. The van der Waals surface area contributed by atoms with Gasteiger partial charge in [-0.05, 0) is 49.2 Å². The highest BCUT2D eigenvalue weighted by atomic mass is 31.2. The van der Waals surface area contributed by atoms with Crippen LogP contribution in [0.3, 0.4) is 0 Å². The molecule has 1 aliphatic rings. The molecule has 0 amide bonds. The first-order valence-electron chi connectivity index (χ1n) is 21.0. The van der Waals surface area contributed by atoms with Gasteiger partial charge >= 0.3 is 7.82 Å². The molecule has 0 aliphatic carbocycles. The Labute approximate surface area is 343 Å². The Balaban J connectivity index is 1.40. The highest BCUT2D eigenvalue weighted by Gasteiger charge is 2.53. The van der Waals surface area contributed by atoms with E-state index in [-0.39, 0.29) is 24.6 Å². The second kappa shape index (κ2) is 26.9. The van der Waals surface area contributed by atoms with Gasteiger partial charge in [-0.3, -0.25) is 14.5 Å². The van der Waals surface area contributed by atoms with Gasteiger partial charge in [0.15, 0.2) is 0 Å². The van der Waals surface area contributed by atoms with E-state index < -0.39 is 56.9 Å². The van der Waals surface area contributed by atoms with Crippen LogP contribution in [0.5, 0.6) is 0 Å². The zero-order valence-electron chi connectivity index (χ0n) is 34.4. The normalized spacial score (nSPS) is 21.2. The molecule has 14 nitrogen and oxygen atoms in total. The summed E-state index contributed by atoms with van der Waals surface area (Å²) >= 11 is 0. The number of H-pyrrole nitrogens is 1. The van der Waals surface area contributed by atoms with E-state index in [1.165, 1.54) is 109 Å². The molecule has 2 aromatic rings. The van der Waals surface area contributed by atoms with Gasteiger partial charge in [0.1, 0.15) is 48.0 Å². The highest BCUT2D eigenvalue weighted by molar-refractivity contribution is 7.47. The lowest BCUT2D eigenvalue weighted by Gasteiger charge is -2.28. The summed E-state index contributed by atoms with van der Waals surface area (Å²) in [6, 6.07) is 8.88. The number of benzene rings is 1. The molecule has 2 heterocycles. The average Bonchev–Trinajstić information content (AvgIpc) is 3.78. The third kappa shape index (κ3) is 18.1. The number of aliphatic imine (C=N–C) groups is 1. The third-order valence-electron chi connectivity index (χ3n) is 10.4. The van der Waals surface area contributed by atoms with Crippen LogP contribution >= 0.6 is 7.82 Å². The van der Waals surface area contributed by atoms with Crippen molar-refractivity contribution in [3.8, 4) is 6.07 Å². The summed E-state index contributed by atoms with van der Waals surface area (Å²) in [5.41, 5.74) is 5.44. The summed E-state index contributed by atoms with van der Waals surface area (Å²) in [7, 11) is -4.76. The van der Waals surface area contributed by atoms with E-state index in [2.05, 4.69) is 16.9 Å². The van der Waals surface area contributed by atoms with Crippen molar-refractivity contribution in [1.82, 2.24) is 4.98 Å². The number of hydrogen-bond donors (Lipinski definition) is 6. The number of aromatic amines is 1. The van der Waals surface area contributed by atoms with Gasteiger partial charge in [-0.25, -0.2) is 13.9 Å². The molecule has 0 spiro atoms. The molecule has 3 rings (SSSR count). The first-order valence-corrected chi connectivity index (χ1v) is 22.5. The highest BCUT2D eigenvalue weighted by Crippen LogP contribution is 2.47. The van der Waals surface area contributed by atoms with Crippen molar-refractivity contribution >= 4 is 20.0 Å². The van der Waals surface area contributed by atoms with Crippen LogP contribution < -0.4 is 5.73 Å². The minimum Gasteiger partial charge on any atom is -0.387 e. The predicted molar refractivity (Wildman–Crippen MR) is 221 cm³/mol. The van der Waals surface area contributed by atoms with Gasteiger partial charge in [0, 0.05) is 12.3 Å². The fourth-order valence-corrected chi connectivity index (χ4v) is 7.76. The largest absolute Gasteiger partial charge is 0.472 e. The number of nitriles is 1. The number of halogens is 1. The molecule has 0 bridgehead atoms. The van der Waals surface area contributed by atoms with Crippen molar-refractivity contribution in [2.75, 3.05) is 26.4 Å². The molecule has 1 fully saturated rings. The average molecular weight is 836 g/mol. The van der Waals surface area contributed by atoms with Crippen molar-refractivity contribution in [2.24, 2.45) is 10.7 Å². The molecule has 1 aliphatic heterocycles. The van der Waals surface area contributed by atoms with Gasteiger partial charge in [0.25, 0.3) is 0 Å². The van der Waals surface area contributed by atoms with Crippen molar-refractivity contribution in [2.45, 2.75) is 160 Å². The van der Waals surface area contributed by atoms with Crippen LogP contribution in [0.15, 0.2) is 35.3 Å². The fourth-order valence-electron chi connectivity index (χ4n) is 6.91. The number of phosphoric acid groups is 1. The Morgan fingerprint density at radius 3 is 2.19 bits per heavy atom. The number of aliphatic hydroxyl groups is 2. The van der Waals surface area contributed by atoms with Gasteiger partial charge in [0.05, 0.1) is 43.8 Å². The molecule has 16 heteroatoms. The van der Waals surface area contributed by atoms with Crippen molar-refractivity contribution in [1.29, 1.82) is 10.7 Å². The standard InChI is InChI=1S/C42H67FN5O9P/c1-3-4-5-6-7-8-9-10-11-12-13-14-15-16-17-18-19-22-53-28-35(54-27-33-23-32(26-44)24-34(43)25-33)29-55-58(51,52)56-30-42(2)40(50)38(49)39(57-42)36-20-21-37(48-36)41(46)47-31-45/h20-21,23-25,31,35,38-40,48-50H,3-19,22,27-30H2,1-2H3,(H,51,52)(H3,45,46,47)/t35-,38+,39+,40+,42-/m1/s1. The number of aliphatic hydroxyl groups excluding tert-OH is 2. The number of amidine groups is 1. The number of nitrogens with zero attached hydrogens (tertiary/aromatic N) is 2. The SMILES string of the molecule is CCCCCCCCCCCCCCCCCCCOC[C@H](COP(=O)(O)OC[C@@]1(C)O[C@@H](c2ccc(C(N)=NC=N)[nH]2)[C@H](O)[C@@H]1O)OCc1cc(F)cc(C#N)c1. The topological polar surface area (TPSA) is 226 Å². The van der Waals surface area contributed by atoms with Crippen molar-refractivity contribution in [3.63, 3.8) is 0 Å². The number of ether oxygens (including phenoxy) is 3. The Kier molecular flexibility index (Phi) is 22.9. The first-order chi connectivity index (χ1) is 27.9. The van der Waals surface area contributed by atoms with E-state index in [4.69, 9.17) is 34.4 Å². The Morgan fingerprint density at radius 1 is 1.00 bits per heavy atom. The smallest absolute Gasteiger partial charge is 0.387 e. The molecule has 0 radical (unpaired) electrons. The van der Waals surface area contributed by atoms with Crippen molar-refractivity contribution < 1.29 is 47.3 Å². The quantitative estimate of drug-likeness (QED) is 0.0178. The van der Waals surface area contributed by atoms with E-state index >= 15 is 0 Å². The summed E-state index contributed by atoms with van der Waals surface area (Å²) < 4.78 is 55.3. The number of aromatic nitrogens is 1. The summed E-state index contributed by atoms with van der Waals surface area (Å²) in [5, 5.41) is 37.9. The molecule has 58 heavy (non-hydrogen) atoms. The fraction of sp³-hybridized carbons (Fsp3) is 0.690. The maximum absolute atomic E-state index is 14.1. The Hall–Kier alpha value is -3.03. The third-order valence-corrected chi connectivity index (χ3v) is 11.3. The molecule has 1 unspecified atom stereocenters. The van der Waals surface area contributed by atoms with Crippen LogP contribution in [0.4, 0.5) is 4.39 Å².